The average molecular weight is 792 g/mol. The second-order valence-electron chi connectivity index (χ2n) is 15.1. The van der Waals surface area contributed by atoms with E-state index in [9.17, 15) is 41.5 Å². The molecule has 3 aromatic carbocycles. The van der Waals surface area contributed by atoms with E-state index in [4.69, 9.17) is 0 Å². The third-order valence-electron chi connectivity index (χ3n) is 11.4. The molecule has 0 radical (unpaired) electrons. The SMILES string of the molecule is CCC(C)[C@H](CC(=O)[C@@]1(NC(=O)[C@@H](CC(=O)Cc2ccccc2F)C(C)CC)CCc2[nH]c3c(C(F)(F)F)cccc3c2C1)C(=O)NNC(=O)Nc1ccccc1. The van der Waals surface area contributed by atoms with E-state index in [0.29, 0.717) is 29.8 Å². The molecule has 0 bridgehead atoms. The van der Waals surface area contributed by atoms with Gasteiger partial charge in [-0.1, -0.05) is 89.1 Å². The molecular formula is C43H49F4N5O5. The van der Waals surface area contributed by atoms with Gasteiger partial charge in [0, 0.05) is 54.3 Å². The van der Waals surface area contributed by atoms with E-state index in [1.54, 1.807) is 50.2 Å². The number of rotatable bonds is 15. The number of nitrogens with one attached hydrogen (secondary N) is 5. The van der Waals surface area contributed by atoms with Crippen molar-refractivity contribution in [2.24, 2.45) is 23.7 Å². The average Bonchev–Trinajstić information content (AvgIpc) is 3.56. The lowest BCUT2D eigenvalue weighted by Gasteiger charge is -2.39. The van der Waals surface area contributed by atoms with Gasteiger partial charge in [-0.25, -0.2) is 14.6 Å². The first-order valence-electron chi connectivity index (χ1n) is 19.3. The lowest BCUT2D eigenvalue weighted by molar-refractivity contribution is -0.139. The van der Waals surface area contributed by atoms with Crippen LogP contribution >= 0.6 is 0 Å². The van der Waals surface area contributed by atoms with Crippen molar-refractivity contribution in [1.29, 1.82) is 0 Å². The van der Waals surface area contributed by atoms with E-state index in [1.807, 2.05) is 13.8 Å². The van der Waals surface area contributed by atoms with Crippen LogP contribution in [-0.2, 0) is 44.6 Å². The van der Waals surface area contributed by atoms with Gasteiger partial charge >= 0.3 is 12.2 Å². The monoisotopic (exact) mass is 791 g/mol. The van der Waals surface area contributed by atoms with Crippen LogP contribution in [0.2, 0.25) is 0 Å². The largest absolute Gasteiger partial charge is 0.418 e. The minimum atomic E-state index is -4.66. The maximum Gasteiger partial charge on any atom is 0.418 e. The van der Waals surface area contributed by atoms with E-state index in [2.05, 4.69) is 26.5 Å². The third-order valence-corrected chi connectivity index (χ3v) is 11.4. The van der Waals surface area contributed by atoms with Crippen LogP contribution in [0.25, 0.3) is 10.9 Å². The van der Waals surface area contributed by atoms with Crippen molar-refractivity contribution >= 4 is 46.0 Å². The van der Waals surface area contributed by atoms with Crippen LogP contribution in [0.15, 0.2) is 72.8 Å². The van der Waals surface area contributed by atoms with Gasteiger partial charge < -0.3 is 15.6 Å². The van der Waals surface area contributed by atoms with Crippen molar-refractivity contribution in [3.05, 3.63) is 101 Å². The fraction of sp³-hybridized carbons (Fsp3) is 0.419. The highest BCUT2D eigenvalue weighted by molar-refractivity contribution is 5.99. The first-order valence-corrected chi connectivity index (χ1v) is 19.3. The minimum absolute atomic E-state index is 0.00171. The highest BCUT2D eigenvalue weighted by Gasteiger charge is 2.47. The molecule has 1 aliphatic carbocycles. The van der Waals surface area contributed by atoms with E-state index < -0.39 is 58.6 Å². The van der Waals surface area contributed by atoms with Gasteiger partial charge in [0.25, 0.3) is 0 Å². The van der Waals surface area contributed by atoms with Gasteiger partial charge in [-0.15, -0.1) is 0 Å². The van der Waals surface area contributed by atoms with E-state index >= 15 is 0 Å². The molecule has 0 spiro atoms. The summed E-state index contributed by atoms with van der Waals surface area (Å²) < 4.78 is 56.7. The van der Waals surface area contributed by atoms with Crippen LogP contribution in [0.3, 0.4) is 0 Å². The summed E-state index contributed by atoms with van der Waals surface area (Å²) in [6.07, 6.45) is -4.58. The number of aromatic amines is 1. The molecule has 1 heterocycles. The summed E-state index contributed by atoms with van der Waals surface area (Å²) in [5.74, 6) is -5.26. The third kappa shape index (κ3) is 10.1. The van der Waals surface area contributed by atoms with E-state index in [-0.39, 0.29) is 72.6 Å². The van der Waals surface area contributed by atoms with Crippen LogP contribution in [0.4, 0.5) is 28.0 Å². The Morgan fingerprint density at radius 3 is 2.11 bits per heavy atom. The minimum Gasteiger partial charge on any atom is -0.358 e. The molecule has 5 N–H and O–H groups in total. The predicted octanol–water partition coefficient (Wildman–Crippen LogP) is 8.01. The van der Waals surface area contributed by atoms with Gasteiger partial charge in [0.15, 0.2) is 5.78 Å². The molecule has 2 unspecified atom stereocenters. The number of aromatic nitrogens is 1. The molecule has 1 aromatic heterocycles. The zero-order chi connectivity index (χ0) is 41.5. The Kier molecular flexibility index (Phi) is 13.6. The van der Waals surface area contributed by atoms with Crippen molar-refractivity contribution in [3.8, 4) is 0 Å². The van der Waals surface area contributed by atoms with Gasteiger partial charge in [-0.05, 0) is 60.1 Å². The molecule has 0 saturated heterocycles. The number of fused-ring (bicyclic) bond motifs is 3. The first kappa shape index (κ1) is 42.6. The molecule has 14 heteroatoms. The molecule has 1 aliphatic rings. The van der Waals surface area contributed by atoms with Crippen LogP contribution in [0.1, 0.15) is 82.2 Å². The normalized spacial score (nSPS) is 17.4. The molecule has 5 rings (SSSR count). The van der Waals surface area contributed by atoms with Crippen molar-refractivity contribution in [2.45, 2.75) is 90.8 Å². The summed E-state index contributed by atoms with van der Waals surface area (Å²) in [6, 6.07) is 17.5. The second kappa shape index (κ2) is 18.2. The lowest BCUT2D eigenvalue weighted by Crippen LogP contribution is -2.60. The smallest absolute Gasteiger partial charge is 0.358 e. The van der Waals surface area contributed by atoms with Crippen LogP contribution in [0, 0.1) is 29.5 Å². The van der Waals surface area contributed by atoms with Gasteiger partial charge in [0.1, 0.15) is 17.1 Å². The van der Waals surface area contributed by atoms with E-state index in [1.165, 1.54) is 30.3 Å². The Morgan fingerprint density at radius 2 is 1.46 bits per heavy atom. The zero-order valence-corrected chi connectivity index (χ0v) is 32.4. The number of H-pyrrole nitrogens is 1. The number of hydrogen-bond acceptors (Lipinski definition) is 5. The Labute approximate surface area is 328 Å². The number of Topliss-reactive ketones (excluding diaryl/α,β-unsaturated/α-hetero) is 2. The Balaban J connectivity index is 1.46. The number of para-hydroxylation sites is 2. The van der Waals surface area contributed by atoms with Gasteiger partial charge in [-0.3, -0.25) is 24.6 Å². The van der Waals surface area contributed by atoms with Gasteiger partial charge in [-0.2, -0.15) is 13.2 Å². The van der Waals surface area contributed by atoms with Crippen molar-refractivity contribution < 1.29 is 41.5 Å². The molecule has 5 atom stereocenters. The Hall–Kier alpha value is -5.53. The number of alkyl halides is 3. The molecule has 4 aromatic rings. The summed E-state index contributed by atoms with van der Waals surface area (Å²) in [7, 11) is 0. The summed E-state index contributed by atoms with van der Waals surface area (Å²) >= 11 is 0. The number of amides is 4. The fourth-order valence-electron chi connectivity index (χ4n) is 7.59. The number of halogens is 4. The number of carbonyl (C=O) groups excluding carboxylic acids is 5. The van der Waals surface area contributed by atoms with Crippen molar-refractivity contribution in [3.63, 3.8) is 0 Å². The number of hydrogen-bond donors (Lipinski definition) is 5. The molecule has 0 saturated carbocycles. The Bertz CT molecular complexity index is 2100. The molecule has 4 amide bonds. The van der Waals surface area contributed by atoms with Gasteiger partial charge in [0.2, 0.25) is 11.8 Å². The summed E-state index contributed by atoms with van der Waals surface area (Å²) in [5, 5.41) is 5.84. The summed E-state index contributed by atoms with van der Waals surface area (Å²) in [5.41, 5.74) is 3.69. The number of ketones is 2. The fourth-order valence-corrected chi connectivity index (χ4v) is 7.59. The van der Waals surface area contributed by atoms with Crippen LogP contribution < -0.4 is 21.5 Å². The number of urea groups is 1. The number of hydrazine groups is 1. The van der Waals surface area contributed by atoms with Crippen LogP contribution in [-0.4, -0.2) is 39.9 Å². The number of aryl methyl sites for hydroxylation is 1. The number of anilines is 1. The quantitative estimate of drug-likeness (QED) is 0.0611. The number of carbonyl (C=O) groups is 5. The van der Waals surface area contributed by atoms with Crippen molar-refractivity contribution in [2.75, 3.05) is 5.32 Å². The number of benzene rings is 3. The molecular weight excluding hydrogens is 742 g/mol. The molecule has 10 nitrogen and oxygen atoms in total. The summed E-state index contributed by atoms with van der Waals surface area (Å²) in [6.45, 7) is 7.28. The lowest BCUT2D eigenvalue weighted by atomic mass is 9.72. The zero-order valence-electron chi connectivity index (χ0n) is 32.4. The van der Waals surface area contributed by atoms with Crippen molar-refractivity contribution in [1.82, 2.24) is 21.2 Å². The molecule has 0 fully saturated rings. The van der Waals surface area contributed by atoms with Gasteiger partial charge in [0.05, 0.1) is 11.1 Å². The molecule has 0 aliphatic heterocycles. The maximum atomic E-state index is 14.8. The van der Waals surface area contributed by atoms with Crippen LogP contribution in [0.5, 0.6) is 0 Å². The standard InChI is InChI=1S/C43H49F4N5O5/c1-5-25(3)31(22-29(53)21-27-13-10-11-18-35(27)44)39(55)50-42(20-19-36-33(24-42)30-16-12-17-34(38(30)49-36)43(45,46)47)37(54)23-32(26(4)6-2)40(56)51-52-41(57)48-28-14-8-7-9-15-28/h7-18,25-26,31-32,49H,5-6,19-24H2,1-4H3,(H,50,55)(H,51,56)(H2,48,52,57)/t25?,26?,31-,32-,42+/m0/s1. The Morgan fingerprint density at radius 1 is 0.807 bits per heavy atom. The first-order chi connectivity index (χ1) is 27.1. The van der Waals surface area contributed by atoms with E-state index in [0.717, 1.165) is 6.07 Å². The molecule has 57 heavy (non-hydrogen) atoms. The maximum absolute atomic E-state index is 14.8. The second-order valence-corrected chi connectivity index (χ2v) is 15.1. The topological polar surface area (TPSA) is 149 Å². The predicted molar refractivity (Wildman–Crippen MR) is 208 cm³/mol. The highest BCUT2D eigenvalue weighted by Crippen LogP contribution is 2.41. The molecule has 304 valence electrons. The highest BCUT2D eigenvalue weighted by atomic mass is 19.4. The summed E-state index contributed by atoms with van der Waals surface area (Å²) in [4.78, 5) is 71.8.